The number of morpholine rings is 1. The van der Waals surface area contributed by atoms with Crippen molar-refractivity contribution >= 4 is 21.8 Å². The van der Waals surface area contributed by atoms with Gasteiger partial charge in [-0.15, -0.1) is 0 Å². The summed E-state index contributed by atoms with van der Waals surface area (Å²) in [5, 5.41) is 1.85. The lowest BCUT2D eigenvalue weighted by atomic mass is 9.82. The number of hydrogen-bond acceptors (Lipinski definition) is 2. The summed E-state index contributed by atoms with van der Waals surface area (Å²) in [6.45, 7) is -0.385. The van der Waals surface area contributed by atoms with E-state index in [1.54, 1.807) is 0 Å². The van der Waals surface area contributed by atoms with Gasteiger partial charge in [-0.2, -0.15) is 17.6 Å². The van der Waals surface area contributed by atoms with Crippen LogP contribution in [0.2, 0.25) is 0 Å². The van der Waals surface area contributed by atoms with E-state index in [4.69, 9.17) is 0 Å². The summed E-state index contributed by atoms with van der Waals surface area (Å²) in [7, 11) is 0. The molecule has 21 heavy (non-hydrogen) atoms. The number of carbonyl (C=O) groups excluding carboxylic acids is 1. The van der Waals surface area contributed by atoms with Crippen LogP contribution in [0.4, 0.5) is 22.0 Å². The van der Waals surface area contributed by atoms with Crippen molar-refractivity contribution in [3.05, 3.63) is 34.1 Å². The number of hydrogen-bond donors (Lipinski definition) is 1. The highest BCUT2D eigenvalue weighted by atomic mass is 79.9. The molecule has 2 atom stereocenters. The fourth-order valence-electron chi connectivity index (χ4n) is 2.19. The molecule has 1 amide bonds. The lowest BCUT2D eigenvalue weighted by molar-refractivity contribution is -0.366. The van der Waals surface area contributed by atoms with Crippen LogP contribution in [0.25, 0.3) is 0 Å². The molecular formula is C12H9BrF5NO2. The zero-order valence-electron chi connectivity index (χ0n) is 10.5. The normalized spacial score (nSPS) is 30.1. The molecule has 0 bridgehead atoms. The van der Waals surface area contributed by atoms with Gasteiger partial charge < -0.3 is 10.1 Å². The van der Waals surface area contributed by atoms with Crippen molar-refractivity contribution in [2.24, 2.45) is 0 Å². The summed E-state index contributed by atoms with van der Waals surface area (Å²) >= 11 is 2.97. The fraction of sp³-hybridized carbons (Fsp3) is 0.417. The van der Waals surface area contributed by atoms with Crippen molar-refractivity contribution in [1.82, 2.24) is 5.32 Å². The zero-order chi connectivity index (χ0) is 16.1. The van der Waals surface area contributed by atoms with E-state index >= 15 is 0 Å². The van der Waals surface area contributed by atoms with Crippen molar-refractivity contribution in [2.75, 3.05) is 6.61 Å². The topological polar surface area (TPSA) is 38.3 Å². The standard InChI is InChI=1S/C12H9BrF5NO2/c1-10(7-4-6(13)2-3-8(7)14)11(15,12(16,17)18)21-5-9(20)19-10/h2-4H,5H2,1H3,(H,19,20)/t10-,11?/m1/s1. The first-order valence-electron chi connectivity index (χ1n) is 5.67. The molecule has 116 valence electrons. The van der Waals surface area contributed by atoms with E-state index in [-0.39, 0.29) is 4.47 Å². The average Bonchev–Trinajstić information content (AvgIpc) is 2.36. The van der Waals surface area contributed by atoms with Crippen LogP contribution in [0.3, 0.4) is 0 Å². The van der Waals surface area contributed by atoms with Crippen LogP contribution < -0.4 is 5.32 Å². The zero-order valence-corrected chi connectivity index (χ0v) is 12.1. The predicted octanol–water partition coefficient (Wildman–Crippen LogP) is 3.18. The molecule has 1 aromatic rings. The summed E-state index contributed by atoms with van der Waals surface area (Å²) < 4.78 is 72.0. The molecule has 1 N–H and O–H groups in total. The molecule has 1 fully saturated rings. The van der Waals surface area contributed by atoms with Crippen LogP contribution in [-0.2, 0) is 15.1 Å². The van der Waals surface area contributed by atoms with Crippen molar-refractivity contribution in [3.8, 4) is 0 Å². The van der Waals surface area contributed by atoms with Gasteiger partial charge in [-0.05, 0) is 25.1 Å². The summed E-state index contributed by atoms with van der Waals surface area (Å²) in [5.41, 5.74) is -3.43. The molecule has 9 heteroatoms. The number of nitrogens with one attached hydrogen (secondary N) is 1. The first kappa shape index (κ1) is 16.2. The van der Waals surface area contributed by atoms with Gasteiger partial charge in [0.15, 0.2) is 0 Å². The van der Waals surface area contributed by atoms with Crippen LogP contribution in [0, 0.1) is 5.82 Å². The number of benzene rings is 1. The Morgan fingerprint density at radius 3 is 2.57 bits per heavy atom. The van der Waals surface area contributed by atoms with Gasteiger partial charge in [0.05, 0.1) is 0 Å². The third-order valence-corrected chi connectivity index (χ3v) is 3.76. The van der Waals surface area contributed by atoms with E-state index < -0.39 is 41.5 Å². The molecule has 0 aromatic heterocycles. The number of rotatable bonds is 1. The highest BCUT2D eigenvalue weighted by Gasteiger charge is 2.71. The second-order valence-electron chi connectivity index (χ2n) is 4.68. The van der Waals surface area contributed by atoms with Crippen molar-refractivity contribution < 1.29 is 31.5 Å². The molecular weight excluding hydrogens is 365 g/mol. The smallest absolute Gasteiger partial charge is 0.339 e. The Kier molecular flexibility index (Phi) is 3.78. The maximum absolute atomic E-state index is 14.6. The molecule has 0 aliphatic carbocycles. The molecule has 1 unspecified atom stereocenters. The first-order chi connectivity index (χ1) is 9.51. The van der Waals surface area contributed by atoms with Crippen molar-refractivity contribution in [3.63, 3.8) is 0 Å². The molecule has 1 saturated heterocycles. The molecule has 1 heterocycles. The van der Waals surface area contributed by atoms with E-state index in [1.165, 1.54) is 6.07 Å². The number of ether oxygens (including phenoxy) is 1. The minimum absolute atomic E-state index is 0.226. The third kappa shape index (κ3) is 2.42. The molecule has 1 aromatic carbocycles. The van der Waals surface area contributed by atoms with Crippen LogP contribution >= 0.6 is 15.9 Å². The summed E-state index contributed by atoms with van der Waals surface area (Å²) in [4.78, 5) is 11.4. The largest absolute Gasteiger partial charge is 0.451 e. The predicted molar refractivity (Wildman–Crippen MR) is 65.4 cm³/mol. The van der Waals surface area contributed by atoms with Crippen LogP contribution in [0.5, 0.6) is 0 Å². The first-order valence-corrected chi connectivity index (χ1v) is 6.47. The van der Waals surface area contributed by atoms with Gasteiger partial charge in [-0.25, -0.2) is 4.39 Å². The minimum Gasteiger partial charge on any atom is -0.339 e. The van der Waals surface area contributed by atoms with Crippen LogP contribution in [0.15, 0.2) is 22.7 Å². The van der Waals surface area contributed by atoms with Gasteiger partial charge in [0, 0.05) is 10.0 Å². The second kappa shape index (κ2) is 4.91. The van der Waals surface area contributed by atoms with Gasteiger partial charge in [0.2, 0.25) is 5.91 Å². The molecule has 1 aliphatic heterocycles. The number of halogens is 6. The quantitative estimate of drug-likeness (QED) is 0.767. The van der Waals surface area contributed by atoms with Gasteiger partial charge in [0.1, 0.15) is 18.0 Å². The fourth-order valence-corrected chi connectivity index (χ4v) is 2.55. The van der Waals surface area contributed by atoms with E-state index in [0.29, 0.717) is 0 Å². The summed E-state index contributed by atoms with van der Waals surface area (Å²) in [5.74, 6) is -6.33. The van der Waals surface area contributed by atoms with Crippen molar-refractivity contribution in [1.29, 1.82) is 0 Å². The minimum atomic E-state index is -5.47. The van der Waals surface area contributed by atoms with Crippen LogP contribution in [0.1, 0.15) is 12.5 Å². The third-order valence-electron chi connectivity index (χ3n) is 3.27. The average molecular weight is 374 g/mol. The highest BCUT2D eigenvalue weighted by molar-refractivity contribution is 9.10. The maximum Gasteiger partial charge on any atom is 0.451 e. The van der Waals surface area contributed by atoms with Gasteiger partial charge in [-0.3, -0.25) is 4.79 Å². The van der Waals surface area contributed by atoms with E-state index in [9.17, 15) is 26.7 Å². The van der Waals surface area contributed by atoms with Gasteiger partial charge >= 0.3 is 12.0 Å². The Morgan fingerprint density at radius 2 is 2.00 bits per heavy atom. The number of carbonyl (C=O) groups is 1. The van der Waals surface area contributed by atoms with Crippen molar-refractivity contribution in [2.45, 2.75) is 24.5 Å². The molecule has 0 spiro atoms. The van der Waals surface area contributed by atoms with Gasteiger partial charge in [-0.1, -0.05) is 15.9 Å². The van der Waals surface area contributed by atoms with E-state index in [1.807, 2.05) is 5.32 Å². The SMILES string of the molecule is C[C@]1(c2cc(Br)ccc2F)NC(=O)COC1(F)C(F)(F)F. The van der Waals surface area contributed by atoms with E-state index in [0.717, 1.165) is 19.1 Å². The Hall–Kier alpha value is -1.22. The van der Waals surface area contributed by atoms with Gasteiger partial charge in [0.25, 0.3) is 0 Å². The summed E-state index contributed by atoms with van der Waals surface area (Å²) in [6, 6.07) is 3.06. The molecule has 0 radical (unpaired) electrons. The van der Waals surface area contributed by atoms with Crippen LogP contribution in [-0.4, -0.2) is 24.5 Å². The lowest BCUT2D eigenvalue weighted by Gasteiger charge is -2.46. The molecule has 0 saturated carbocycles. The summed E-state index contributed by atoms with van der Waals surface area (Å²) in [6.07, 6.45) is -5.47. The molecule has 1 aliphatic rings. The highest BCUT2D eigenvalue weighted by Crippen LogP contribution is 2.50. The number of amides is 1. The Balaban J connectivity index is 2.68. The monoisotopic (exact) mass is 373 g/mol. The molecule has 2 rings (SSSR count). The lowest BCUT2D eigenvalue weighted by Crippen LogP contribution is -2.70. The Morgan fingerprint density at radius 1 is 1.38 bits per heavy atom. The van der Waals surface area contributed by atoms with E-state index in [2.05, 4.69) is 20.7 Å². The Bertz CT molecular complexity index is 594. The maximum atomic E-state index is 14.6. The molecule has 3 nitrogen and oxygen atoms in total. The Labute approximate surface area is 124 Å². The number of alkyl halides is 4. The second-order valence-corrected chi connectivity index (χ2v) is 5.59.